The molecule has 0 saturated carbocycles. The highest BCUT2D eigenvalue weighted by Crippen LogP contribution is 2.33. The molecular formula is C13H6F7NO. The molecule has 0 N–H and O–H groups in total. The number of aromatic nitrogens is 1. The standard InChI is InChI=1S/C13H6F7NO/c1-4-2-6(22-13(19)20)21-3-5(4)7-8(14)10(16)12(18)11(17)9(7)15/h2-3,13H,1H3. The fourth-order valence-electron chi connectivity index (χ4n) is 1.79. The number of benzene rings is 1. The van der Waals surface area contributed by atoms with E-state index < -0.39 is 52.7 Å². The molecule has 0 amide bonds. The summed E-state index contributed by atoms with van der Waals surface area (Å²) in [5.41, 5.74) is -1.69. The molecule has 2 aromatic rings. The van der Waals surface area contributed by atoms with Crippen LogP contribution in [0.5, 0.6) is 5.88 Å². The van der Waals surface area contributed by atoms with Gasteiger partial charge < -0.3 is 4.74 Å². The van der Waals surface area contributed by atoms with E-state index >= 15 is 0 Å². The van der Waals surface area contributed by atoms with Crippen molar-refractivity contribution in [2.75, 3.05) is 0 Å². The van der Waals surface area contributed by atoms with Crippen LogP contribution in [0.4, 0.5) is 30.7 Å². The quantitative estimate of drug-likeness (QED) is 0.475. The summed E-state index contributed by atoms with van der Waals surface area (Å²) in [4.78, 5) is 3.35. The maximum atomic E-state index is 13.7. The van der Waals surface area contributed by atoms with Gasteiger partial charge in [0.15, 0.2) is 23.3 Å². The van der Waals surface area contributed by atoms with Crippen LogP contribution in [0.15, 0.2) is 12.3 Å². The number of aryl methyl sites for hydroxylation is 1. The third-order valence-electron chi connectivity index (χ3n) is 2.77. The summed E-state index contributed by atoms with van der Waals surface area (Å²) in [6.07, 6.45) is 0.686. The first kappa shape index (κ1) is 16.1. The van der Waals surface area contributed by atoms with E-state index in [4.69, 9.17) is 0 Å². The van der Waals surface area contributed by atoms with Crippen molar-refractivity contribution < 1.29 is 35.5 Å². The Hall–Kier alpha value is -2.32. The molecule has 9 heteroatoms. The second-order valence-corrected chi connectivity index (χ2v) is 4.16. The molecule has 0 radical (unpaired) electrons. The Bertz CT molecular complexity index is 704. The van der Waals surface area contributed by atoms with Crippen molar-refractivity contribution in [1.82, 2.24) is 4.98 Å². The number of alkyl halides is 2. The molecule has 2 nitrogen and oxygen atoms in total. The topological polar surface area (TPSA) is 22.1 Å². The van der Waals surface area contributed by atoms with Gasteiger partial charge in [0.2, 0.25) is 11.7 Å². The van der Waals surface area contributed by atoms with E-state index in [1.165, 1.54) is 6.92 Å². The summed E-state index contributed by atoms with van der Waals surface area (Å²) < 4.78 is 94.7. The average molecular weight is 325 g/mol. The van der Waals surface area contributed by atoms with Gasteiger partial charge in [-0.25, -0.2) is 26.9 Å². The Morgan fingerprint density at radius 2 is 1.41 bits per heavy atom. The van der Waals surface area contributed by atoms with E-state index in [1.807, 2.05) is 0 Å². The Kier molecular flexibility index (Phi) is 4.25. The van der Waals surface area contributed by atoms with Gasteiger partial charge >= 0.3 is 6.61 Å². The number of hydrogen-bond acceptors (Lipinski definition) is 2. The van der Waals surface area contributed by atoms with Crippen LogP contribution in [0.1, 0.15) is 5.56 Å². The molecule has 0 aliphatic carbocycles. The van der Waals surface area contributed by atoms with E-state index in [0.717, 1.165) is 6.07 Å². The molecule has 0 saturated heterocycles. The summed E-state index contributed by atoms with van der Waals surface area (Å²) in [6.45, 7) is -1.96. The molecule has 0 spiro atoms. The minimum Gasteiger partial charge on any atom is -0.417 e. The van der Waals surface area contributed by atoms with Gasteiger partial charge in [-0.3, -0.25) is 0 Å². The van der Waals surface area contributed by atoms with E-state index in [-0.39, 0.29) is 5.56 Å². The molecular weight excluding hydrogens is 319 g/mol. The fraction of sp³-hybridized carbons (Fsp3) is 0.154. The number of hydrogen-bond donors (Lipinski definition) is 0. The zero-order chi connectivity index (χ0) is 16.6. The molecule has 0 fully saturated rings. The van der Waals surface area contributed by atoms with Crippen LogP contribution in [0, 0.1) is 36.0 Å². The van der Waals surface area contributed by atoms with Crippen molar-refractivity contribution in [1.29, 1.82) is 0 Å². The van der Waals surface area contributed by atoms with Crippen LogP contribution in [-0.2, 0) is 0 Å². The number of rotatable bonds is 3. The number of halogens is 7. The van der Waals surface area contributed by atoms with E-state index in [2.05, 4.69) is 9.72 Å². The summed E-state index contributed by atoms with van der Waals surface area (Å²) in [5.74, 6) is -11.1. The highest BCUT2D eigenvalue weighted by molar-refractivity contribution is 5.68. The third-order valence-corrected chi connectivity index (χ3v) is 2.77. The fourth-order valence-corrected chi connectivity index (χ4v) is 1.79. The van der Waals surface area contributed by atoms with Crippen molar-refractivity contribution in [3.8, 4) is 17.0 Å². The molecule has 118 valence electrons. The van der Waals surface area contributed by atoms with Crippen LogP contribution in [-0.4, -0.2) is 11.6 Å². The first-order valence-corrected chi connectivity index (χ1v) is 5.67. The lowest BCUT2D eigenvalue weighted by Crippen LogP contribution is -2.06. The summed E-state index contributed by atoms with van der Waals surface area (Å²) in [5, 5.41) is 0. The van der Waals surface area contributed by atoms with Gasteiger partial charge in [-0.2, -0.15) is 8.78 Å². The van der Waals surface area contributed by atoms with Gasteiger partial charge in [0.1, 0.15) is 0 Å². The zero-order valence-electron chi connectivity index (χ0n) is 10.7. The van der Waals surface area contributed by atoms with Crippen LogP contribution in [0.3, 0.4) is 0 Å². The maximum absolute atomic E-state index is 13.7. The number of nitrogens with zero attached hydrogens (tertiary/aromatic N) is 1. The number of ether oxygens (including phenoxy) is 1. The lowest BCUT2D eigenvalue weighted by Gasteiger charge is -2.11. The molecule has 0 bridgehead atoms. The monoisotopic (exact) mass is 325 g/mol. The van der Waals surface area contributed by atoms with Crippen molar-refractivity contribution in [3.05, 3.63) is 46.9 Å². The van der Waals surface area contributed by atoms with Crippen molar-refractivity contribution in [3.63, 3.8) is 0 Å². The molecule has 2 rings (SSSR count). The average Bonchev–Trinajstić information content (AvgIpc) is 2.45. The Balaban J connectivity index is 2.63. The lowest BCUT2D eigenvalue weighted by molar-refractivity contribution is -0.0528. The first-order valence-electron chi connectivity index (χ1n) is 5.67. The summed E-state index contributed by atoms with van der Waals surface area (Å²) in [6, 6.07) is 0.888. The highest BCUT2D eigenvalue weighted by atomic mass is 19.3. The SMILES string of the molecule is Cc1cc(OC(F)F)ncc1-c1c(F)c(F)c(F)c(F)c1F. The maximum Gasteiger partial charge on any atom is 0.388 e. The third kappa shape index (κ3) is 2.70. The Morgan fingerprint density at radius 1 is 0.909 bits per heavy atom. The minimum atomic E-state index is -3.17. The predicted octanol–water partition coefficient (Wildman–Crippen LogP) is 4.35. The second kappa shape index (κ2) is 5.82. The molecule has 0 aliphatic rings. The normalized spacial score (nSPS) is 11.1. The predicted molar refractivity (Wildman–Crippen MR) is 60.8 cm³/mol. The van der Waals surface area contributed by atoms with Crippen molar-refractivity contribution in [2.24, 2.45) is 0 Å². The van der Waals surface area contributed by atoms with Crippen molar-refractivity contribution >= 4 is 0 Å². The van der Waals surface area contributed by atoms with Crippen LogP contribution in [0.25, 0.3) is 11.1 Å². The van der Waals surface area contributed by atoms with Gasteiger partial charge in [-0.15, -0.1) is 0 Å². The van der Waals surface area contributed by atoms with E-state index in [9.17, 15) is 30.7 Å². The Labute approximate surface area is 119 Å². The minimum absolute atomic E-state index is 0.0612. The molecule has 1 heterocycles. The second-order valence-electron chi connectivity index (χ2n) is 4.16. The van der Waals surface area contributed by atoms with Gasteiger partial charge in [0.05, 0.1) is 5.56 Å². The molecule has 1 aromatic heterocycles. The molecule has 0 unspecified atom stereocenters. The molecule has 22 heavy (non-hydrogen) atoms. The van der Waals surface area contributed by atoms with Gasteiger partial charge in [0.25, 0.3) is 0 Å². The Morgan fingerprint density at radius 3 is 1.86 bits per heavy atom. The largest absolute Gasteiger partial charge is 0.417 e. The summed E-state index contributed by atoms with van der Waals surface area (Å²) >= 11 is 0. The molecule has 1 aromatic carbocycles. The smallest absolute Gasteiger partial charge is 0.388 e. The molecule has 0 aliphatic heterocycles. The van der Waals surface area contributed by atoms with Crippen LogP contribution >= 0.6 is 0 Å². The van der Waals surface area contributed by atoms with E-state index in [1.54, 1.807) is 0 Å². The van der Waals surface area contributed by atoms with Gasteiger partial charge in [0, 0.05) is 17.8 Å². The van der Waals surface area contributed by atoms with Crippen molar-refractivity contribution in [2.45, 2.75) is 13.5 Å². The lowest BCUT2D eigenvalue weighted by atomic mass is 10.0. The van der Waals surface area contributed by atoms with Crippen LogP contribution in [0.2, 0.25) is 0 Å². The number of pyridine rings is 1. The molecule has 0 atom stereocenters. The first-order chi connectivity index (χ1) is 10.2. The van der Waals surface area contributed by atoms with Crippen LogP contribution < -0.4 is 4.74 Å². The summed E-state index contributed by atoms with van der Waals surface area (Å²) in [7, 11) is 0. The highest BCUT2D eigenvalue weighted by Gasteiger charge is 2.27. The van der Waals surface area contributed by atoms with Gasteiger partial charge in [-0.05, 0) is 12.5 Å². The van der Waals surface area contributed by atoms with E-state index in [0.29, 0.717) is 6.20 Å². The zero-order valence-corrected chi connectivity index (χ0v) is 10.7. The van der Waals surface area contributed by atoms with Gasteiger partial charge in [-0.1, -0.05) is 0 Å².